The first-order valence-corrected chi connectivity index (χ1v) is 13.0. The lowest BCUT2D eigenvalue weighted by Gasteiger charge is -2.36. The summed E-state index contributed by atoms with van der Waals surface area (Å²) in [6.45, 7) is 3.79. The van der Waals surface area contributed by atoms with Gasteiger partial charge in [0.25, 0.3) is 0 Å². The number of aromatic nitrogens is 4. The molecule has 3 heterocycles. The predicted molar refractivity (Wildman–Crippen MR) is 143 cm³/mol. The molecule has 1 aliphatic heterocycles. The van der Waals surface area contributed by atoms with Crippen molar-refractivity contribution in [1.82, 2.24) is 24.8 Å². The Morgan fingerprint density at radius 2 is 1.45 bits per heavy atom. The van der Waals surface area contributed by atoms with Crippen molar-refractivity contribution in [3.8, 4) is 22.9 Å². The average molecular weight is 591 g/mol. The molecule has 0 amide bonds. The van der Waals surface area contributed by atoms with Crippen LogP contribution in [0.4, 0.5) is 32.0 Å². The molecule has 0 bridgehead atoms. The SMILES string of the molecule is FC(F)(F)Oc1ccc(-c2nc3c(N4CCN(CCOc5cccc6[nH]c(C(F)(F)F)nc56)CC4)cccc3[nH]2)cc1. The molecule has 14 heteroatoms. The van der Waals surface area contributed by atoms with Gasteiger partial charge in [-0.2, -0.15) is 13.2 Å². The summed E-state index contributed by atoms with van der Waals surface area (Å²) < 4.78 is 86.3. The Morgan fingerprint density at radius 3 is 2.14 bits per heavy atom. The summed E-state index contributed by atoms with van der Waals surface area (Å²) in [6.07, 6.45) is -9.33. The zero-order chi connectivity index (χ0) is 29.5. The molecule has 2 N–H and O–H groups in total. The Morgan fingerprint density at radius 1 is 0.762 bits per heavy atom. The van der Waals surface area contributed by atoms with Crippen LogP contribution in [0.3, 0.4) is 0 Å². The van der Waals surface area contributed by atoms with Crippen LogP contribution in [-0.2, 0) is 6.18 Å². The smallest absolute Gasteiger partial charge is 0.490 e. The molecule has 220 valence electrons. The van der Waals surface area contributed by atoms with Crippen LogP contribution < -0.4 is 14.4 Å². The van der Waals surface area contributed by atoms with Gasteiger partial charge in [0, 0.05) is 38.3 Å². The number of rotatable bonds is 7. The minimum absolute atomic E-state index is 0.145. The largest absolute Gasteiger partial charge is 0.573 e. The van der Waals surface area contributed by atoms with Crippen molar-refractivity contribution in [2.45, 2.75) is 12.5 Å². The first-order valence-electron chi connectivity index (χ1n) is 13.0. The summed E-state index contributed by atoms with van der Waals surface area (Å²) in [6, 6.07) is 16.0. The number of hydrogen-bond donors (Lipinski definition) is 2. The molecule has 1 fully saturated rings. The maximum absolute atomic E-state index is 13.0. The Hall–Kier alpha value is -4.46. The highest BCUT2D eigenvalue weighted by Crippen LogP contribution is 2.33. The lowest BCUT2D eigenvalue weighted by Crippen LogP contribution is -2.47. The van der Waals surface area contributed by atoms with E-state index in [1.165, 1.54) is 30.3 Å². The van der Waals surface area contributed by atoms with Gasteiger partial charge < -0.3 is 24.3 Å². The van der Waals surface area contributed by atoms with Crippen LogP contribution in [0.25, 0.3) is 33.5 Å². The number of nitrogens with one attached hydrogen (secondary N) is 2. The summed E-state index contributed by atoms with van der Waals surface area (Å²) in [7, 11) is 0. The lowest BCUT2D eigenvalue weighted by atomic mass is 10.2. The van der Waals surface area contributed by atoms with Crippen molar-refractivity contribution in [3.63, 3.8) is 0 Å². The zero-order valence-electron chi connectivity index (χ0n) is 21.9. The highest BCUT2D eigenvalue weighted by molar-refractivity contribution is 5.91. The average Bonchev–Trinajstić information content (AvgIpc) is 3.58. The maximum atomic E-state index is 13.0. The number of benzene rings is 3. The van der Waals surface area contributed by atoms with E-state index in [1.54, 1.807) is 12.1 Å². The molecule has 42 heavy (non-hydrogen) atoms. The fourth-order valence-corrected chi connectivity index (χ4v) is 4.98. The Labute approximate surface area is 234 Å². The van der Waals surface area contributed by atoms with Crippen LogP contribution in [0.15, 0.2) is 60.7 Å². The number of halogens is 6. The highest BCUT2D eigenvalue weighted by atomic mass is 19.4. The second-order valence-corrected chi connectivity index (χ2v) is 9.74. The third-order valence-electron chi connectivity index (χ3n) is 6.97. The molecule has 2 aromatic heterocycles. The quantitative estimate of drug-likeness (QED) is 0.219. The van der Waals surface area contributed by atoms with Gasteiger partial charge in [-0.05, 0) is 48.5 Å². The molecule has 5 aromatic rings. The van der Waals surface area contributed by atoms with Crippen molar-refractivity contribution in [2.24, 2.45) is 0 Å². The van der Waals surface area contributed by atoms with Gasteiger partial charge in [0.2, 0.25) is 5.82 Å². The molecule has 0 spiro atoms. The van der Waals surface area contributed by atoms with Crippen LogP contribution in [0.5, 0.6) is 11.5 Å². The van der Waals surface area contributed by atoms with Gasteiger partial charge in [-0.15, -0.1) is 13.2 Å². The fourth-order valence-electron chi connectivity index (χ4n) is 4.98. The van der Waals surface area contributed by atoms with Crippen molar-refractivity contribution in [1.29, 1.82) is 0 Å². The summed E-state index contributed by atoms with van der Waals surface area (Å²) in [5, 5.41) is 0. The topological polar surface area (TPSA) is 82.3 Å². The van der Waals surface area contributed by atoms with Crippen LogP contribution >= 0.6 is 0 Å². The number of para-hydroxylation sites is 2. The van der Waals surface area contributed by atoms with Gasteiger partial charge in [0.1, 0.15) is 35.0 Å². The van der Waals surface area contributed by atoms with Crippen LogP contribution in [0, 0.1) is 0 Å². The van der Waals surface area contributed by atoms with Crippen molar-refractivity contribution in [3.05, 3.63) is 66.5 Å². The van der Waals surface area contributed by atoms with Crippen molar-refractivity contribution >= 4 is 27.8 Å². The lowest BCUT2D eigenvalue weighted by molar-refractivity contribution is -0.274. The van der Waals surface area contributed by atoms with E-state index in [2.05, 4.69) is 29.5 Å². The van der Waals surface area contributed by atoms with E-state index in [1.807, 2.05) is 18.2 Å². The molecule has 8 nitrogen and oxygen atoms in total. The Kier molecular flexibility index (Phi) is 7.09. The molecule has 0 aliphatic carbocycles. The van der Waals surface area contributed by atoms with Crippen LogP contribution in [0.2, 0.25) is 0 Å². The number of hydrogen-bond acceptors (Lipinski definition) is 6. The van der Waals surface area contributed by atoms with Gasteiger partial charge in [0.05, 0.1) is 16.7 Å². The summed E-state index contributed by atoms with van der Waals surface area (Å²) in [5.74, 6) is -0.542. The monoisotopic (exact) mass is 590 g/mol. The summed E-state index contributed by atoms with van der Waals surface area (Å²) in [4.78, 5) is 18.4. The number of anilines is 1. The number of nitrogens with zero attached hydrogens (tertiary/aromatic N) is 4. The minimum Gasteiger partial charge on any atom is -0.490 e. The normalized spacial score (nSPS) is 15.0. The molecule has 0 saturated carbocycles. The van der Waals surface area contributed by atoms with Crippen LogP contribution in [-0.4, -0.2) is 70.5 Å². The second kappa shape index (κ2) is 10.7. The third-order valence-corrected chi connectivity index (χ3v) is 6.97. The van der Waals surface area contributed by atoms with Crippen molar-refractivity contribution in [2.75, 3.05) is 44.2 Å². The molecule has 6 rings (SSSR count). The minimum atomic E-state index is -4.76. The molecule has 0 atom stereocenters. The number of piperazine rings is 1. The van der Waals surface area contributed by atoms with E-state index < -0.39 is 18.4 Å². The van der Waals surface area contributed by atoms with Gasteiger partial charge in [-0.1, -0.05) is 12.1 Å². The number of alkyl halides is 6. The number of H-pyrrole nitrogens is 2. The molecule has 1 saturated heterocycles. The van der Waals surface area contributed by atoms with Gasteiger partial charge >= 0.3 is 12.5 Å². The van der Waals surface area contributed by atoms with Gasteiger partial charge in [0.15, 0.2) is 0 Å². The number of fused-ring (bicyclic) bond motifs is 2. The molecule has 0 radical (unpaired) electrons. The molecule has 1 aliphatic rings. The second-order valence-electron chi connectivity index (χ2n) is 9.74. The first kappa shape index (κ1) is 27.7. The first-order chi connectivity index (χ1) is 20.0. The van der Waals surface area contributed by atoms with E-state index in [0.29, 0.717) is 43.4 Å². The zero-order valence-corrected chi connectivity index (χ0v) is 21.9. The summed E-state index contributed by atoms with van der Waals surface area (Å²) in [5.41, 5.74) is 3.52. The summed E-state index contributed by atoms with van der Waals surface area (Å²) >= 11 is 0. The standard InChI is InChI=1S/C28H24F6N6O2/c29-27(30,31)26-36-20-4-2-6-22(24(20)38-26)41-16-15-39-11-13-40(14-12-39)21-5-1-3-19-23(21)37-25(35-19)17-7-9-18(10-8-17)42-28(32,33)34/h1-10H,11-16H2,(H,35,37)(H,36,38). The number of aromatic amines is 2. The van der Waals surface area contributed by atoms with E-state index in [-0.39, 0.29) is 16.8 Å². The molecule has 3 aromatic carbocycles. The van der Waals surface area contributed by atoms with Crippen molar-refractivity contribution < 1.29 is 35.8 Å². The molecular formula is C28H24F6N6O2. The fraction of sp³-hybridized carbons (Fsp3) is 0.286. The van der Waals surface area contributed by atoms with E-state index in [0.717, 1.165) is 29.8 Å². The van der Waals surface area contributed by atoms with E-state index in [4.69, 9.17) is 9.72 Å². The van der Waals surface area contributed by atoms with Gasteiger partial charge in [-0.3, -0.25) is 4.90 Å². The Bertz CT molecular complexity index is 1690. The third kappa shape index (κ3) is 5.93. The van der Waals surface area contributed by atoms with E-state index in [9.17, 15) is 26.3 Å². The maximum Gasteiger partial charge on any atom is 0.573 e. The predicted octanol–water partition coefficient (Wildman–Crippen LogP) is 6.22. The number of imidazole rings is 2. The number of ether oxygens (including phenoxy) is 2. The Balaban J connectivity index is 1.07. The van der Waals surface area contributed by atoms with Gasteiger partial charge in [-0.25, -0.2) is 9.97 Å². The molecular weight excluding hydrogens is 566 g/mol. The van der Waals surface area contributed by atoms with Crippen LogP contribution in [0.1, 0.15) is 5.82 Å². The molecule has 0 unspecified atom stereocenters. The highest BCUT2D eigenvalue weighted by Gasteiger charge is 2.35. The van der Waals surface area contributed by atoms with E-state index >= 15 is 0 Å².